The number of rotatable bonds is 5. The van der Waals surface area contributed by atoms with Crippen molar-refractivity contribution in [1.82, 2.24) is 9.97 Å². The topological polar surface area (TPSA) is 84.0 Å². The molecule has 36 heavy (non-hydrogen) atoms. The summed E-state index contributed by atoms with van der Waals surface area (Å²) in [5.74, 6) is -0.428. The van der Waals surface area contributed by atoms with E-state index in [0.29, 0.717) is 32.8 Å². The maximum Gasteiger partial charge on any atom is 0.258 e. The highest BCUT2D eigenvalue weighted by molar-refractivity contribution is 7.15. The Morgan fingerprint density at radius 1 is 0.556 bits per heavy atom. The van der Waals surface area contributed by atoms with Crippen molar-refractivity contribution in [3.05, 3.63) is 107 Å². The Morgan fingerprint density at radius 3 is 1.44 bits per heavy atom. The van der Waals surface area contributed by atoms with Gasteiger partial charge in [0.25, 0.3) is 11.8 Å². The highest BCUT2D eigenvalue weighted by atomic mass is 32.1. The van der Waals surface area contributed by atoms with Crippen molar-refractivity contribution in [2.75, 3.05) is 10.6 Å². The normalized spacial score (nSPS) is 11.0. The van der Waals surface area contributed by atoms with Crippen molar-refractivity contribution in [1.29, 1.82) is 0 Å². The molecule has 8 heteroatoms. The second-order valence-corrected chi connectivity index (χ2v) is 9.75. The smallest absolute Gasteiger partial charge is 0.258 e. The molecule has 0 saturated heterocycles. The van der Waals surface area contributed by atoms with Gasteiger partial charge in [-0.1, -0.05) is 72.8 Å². The second-order valence-electron chi connectivity index (χ2n) is 8.04. The Labute approximate surface area is 214 Å². The van der Waals surface area contributed by atoms with Gasteiger partial charge in [0, 0.05) is 21.9 Å². The number of fused-ring (bicyclic) bond motifs is 2. The van der Waals surface area contributed by atoms with Crippen LogP contribution in [0, 0.1) is 0 Å². The summed E-state index contributed by atoms with van der Waals surface area (Å²) in [4.78, 5) is 34.9. The zero-order valence-electron chi connectivity index (χ0n) is 18.8. The molecule has 6 nitrogen and oxygen atoms in total. The fourth-order valence-electron chi connectivity index (χ4n) is 4.07. The fraction of sp³-hybridized carbons (Fsp3) is 0. The predicted molar refractivity (Wildman–Crippen MR) is 147 cm³/mol. The summed E-state index contributed by atoms with van der Waals surface area (Å²) in [5.41, 5.74) is 2.46. The van der Waals surface area contributed by atoms with E-state index in [2.05, 4.69) is 20.6 Å². The Bertz CT molecular complexity index is 1620. The quantitative estimate of drug-likeness (QED) is 0.262. The van der Waals surface area contributed by atoms with Crippen LogP contribution in [0.1, 0.15) is 20.7 Å². The van der Waals surface area contributed by atoms with E-state index >= 15 is 0 Å². The molecule has 4 aromatic carbocycles. The summed E-state index contributed by atoms with van der Waals surface area (Å²) in [6.07, 6.45) is 0. The molecule has 0 bridgehead atoms. The molecule has 174 valence electrons. The zero-order valence-corrected chi connectivity index (χ0v) is 20.4. The van der Waals surface area contributed by atoms with E-state index in [9.17, 15) is 9.59 Å². The third-order valence-electron chi connectivity index (χ3n) is 5.78. The Kier molecular flexibility index (Phi) is 5.73. The molecule has 2 heterocycles. The first kappa shape index (κ1) is 22.1. The summed E-state index contributed by atoms with van der Waals surface area (Å²) in [6, 6.07) is 26.9. The number of thiazole rings is 2. The molecular formula is C28H18N4O2S2. The van der Waals surface area contributed by atoms with Crippen molar-refractivity contribution in [3.8, 4) is 11.4 Å². The van der Waals surface area contributed by atoms with Crippen LogP contribution in [-0.4, -0.2) is 21.8 Å². The number of benzene rings is 4. The van der Waals surface area contributed by atoms with Crippen LogP contribution in [0.5, 0.6) is 0 Å². The molecule has 0 aliphatic heterocycles. The number of amides is 2. The van der Waals surface area contributed by atoms with Crippen molar-refractivity contribution in [2.45, 2.75) is 0 Å². The SMILES string of the molecule is O=C(Nc1nc(-c2csc(NC(=O)c3cccc4ccccc34)n2)cs1)c1cccc2ccccc12. The number of nitrogens with one attached hydrogen (secondary N) is 2. The number of carbonyl (C=O) groups is 2. The largest absolute Gasteiger partial charge is 0.298 e. The van der Waals surface area contributed by atoms with E-state index < -0.39 is 0 Å². The molecule has 0 radical (unpaired) electrons. The first-order valence-electron chi connectivity index (χ1n) is 11.2. The van der Waals surface area contributed by atoms with E-state index in [1.54, 1.807) is 12.1 Å². The van der Waals surface area contributed by atoms with Crippen LogP contribution in [0.3, 0.4) is 0 Å². The number of aromatic nitrogens is 2. The van der Waals surface area contributed by atoms with Gasteiger partial charge in [0.2, 0.25) is 0 Å². The van der Waals surface area contributed by atoms with E-state index in [4.69, 9.17) is 0 Å². The molecule has 0 spiro atoms. The summed E-state index contributed by atoms with van der Waals surface area (Å²) >= 11 is 2.66. The van der Waals surface area contributed by atoms with E-state index in [0.717, 1.165) is 21.5 Å². The van der Waals surface area contributed by atoms with Crippen LogP contribution in [-0.2, 0) is 0 Å². The monoisotopic (exact) mass is 506 g/mol. The number of hydrogen-bond acceptors (Lipinski definition) is 6. The van der Waals surface area contributed by atoms with Crippen molar-refractivity contribution >= 4 is 66.3 Å². The van der Waals surface area contributed by atoms with E-state index in [-0.39, 0.29) is 11.8 Å². The Hall–Kier alpha value is -4.40. The fourth-order valence-corrected chi connectivity index (χ4v) is 5.47. The molecule has 2 N–H and O–H groups in total. The van der Waals surface area contributed by atoms with Crippen LogP contribution < -0.4 is 10.6 Å². The number of anilines is 2. The van der Waals surface area contributed by atoms with Crippen LogP contribution in [0.25, 0.3) is 32.9 Å². The minimum atomic E-state index is -0.214. The number of hydrogen-bond donors (Lipinski definition) is 2. The average molecular weight is 507 g/mol. The van der Waals surface area contributed by atoms with Gasteiger partial charge in [0.15, 0.2) is 10.3 Å². The van der Waals surface area contributed by atoms with E-state index in [1.807, 2.05) is 83.6 Å². The molecule has 0 atom stereocenters. The summed E-state index contributed by atoms with van der Waals surface area (Å²) in [6.45, 7) is 0. The standard InChI is InChI=1S/C28H18N4O2S2/c33-25(21-13-5-9-17-7-1-3-11-19(17)21)31-27-29-23(15-35-27)24-16-36-28(30-24)32-26(34)22-14-6-10-18-8-2-4-12-20(18)22/h1-16H,(H,29,31,33)(H,30,32,34). The summed E-state index contributed by atoms with van der Waals surface area (Å²) < 4.78 is 0. The van der Waals surface area contributed by atoms with Gasteiger partial charge in [-0.3, -0.25) is 20.2 Å². The van der Waals surface area contributed by atoms with Gasteiger partial charge >= 0.3 is 0 Å². The lowest BCUT2D eigenvalue weighted by molar-refractivity contribution is 0.102. The first-order chi connectivity index (χ1) is 17.7. The first-order valence-corrected chi connectivity index (χ1v) is 12.9. The van der Waals surface area contributed by atoms with Gasteiger partial charge in [-0.25, -0.2) is 9.97 Å². The Morgan fingerprint density at radius 2 is 0.972 bits per heavy atom. The van der Waals surface area contributed by atoms with Gasteiger partial charge in [0.1, 0.15) is 11.4 Å². The highest BCUT2D eigenvalue weighted by Gasteiger charge is 2.16. The number of nitrogens with zero attached hydrogens (tertiary/aromatic N) is 2. The lowest BCUT2D eigenvalue weighted by atomic mass is 10.0. The highest BCUT2D eigenvalue weighted by Crippen LogP contribution is 2.29. The van der Waals surface area contributed by atoms with Crippen LogP contribution in [0.15, 0.2) is 95.7 Å². The molecule has 6 aromatic rings. The van der Waals surface area contributed by atoms with Crippen LogP contribution in [0.4, 0.5) is 10.3 Å². The van der Waals surface area contributed by atoms with Gasteiger partial charge in [0.05, 0.1) is 0 Å². The lowest BCUT2D eigenvalue weighted by Gasteiger charge is -2.06. The zero-order chi connectivity index (χ0) is 24.5. The van der Waals surface area contributed by atoms with Crippen molar-refractivity contribution in [3.63, 3.8) is 0 Å². The molecule has 6 rings (SSSR count). The molecular weight excluding hydrogens is 488 g/mol. The molecule has 2 aromatic heterocycles. The van der Waals surface area contributed by atoms with Gasteiger partial charge < -0.3 is 0 Å². The Balaban J connectivity index is 1.18. The molecule has 2 amide bonds. The minimum absolute atomic E-state index is 0.214. The third kappa shape index (κ3) is 4.24. The summed E-state index contributed by atoms with van der Waals surface area (Å²) in [7, 11) is 0. The second kappa shape index (κ2) is 9.33. The predicted octanol–water partition coefficient (Wildman–Crippen LogP) is 7.08. The molecule has 0 fully saturated rings. The molecule has 0 aliphatic rings. The molecule has 0 unspecified atom stereocenters. The lowest BCUT2D eigenvalue weighted by Crippen LogP contribution is -2.12. The molecule has 0 saturated carbocycles. The minimum Gasteiger partial charge on any atom is -0.298 e. The maximum absolute atomic E-state index is 12.9. The van der Waals surface area contributed by atoms with Crippen LogP contribution in [0.2, 0.25) is 0 Å². The van der Waals surface area contributed by atoms with Crippen molar-refractivity contribution < 1.29 is 9.59 Å². The van der Waals surface area contributed by atoms with Gasteiger partial charge in [-0.2, -0.15) is 0 Å². The van der Waals surface area contributed by atoms with Gasteiger partial charge in [-0.15, -0.1) is 22.7 Å². The number of carbonyl (C=O) groups excluding carboxylic acids is 2. The maximum atomic E-state index is 12.9. The average Bonchev–Trinajstić information content (AvgIpc) is 3.57. The third-order valence-corrected chi connectivity index (χ3v) is 7.30. The summed E-state index contributed by atoms with van der Waals surface area (Å²) in [5, 5.41) is 14.2. The van der Waals surface area contributed by atoms with Gasteiger partial charge in [-0.05, 0) is 33.7 Å². The van der Waals surface area contributed by atoms with E-state index in [1.165, 1.54) is 22.7 Å². The molecule has 0 aliphatic carbocycles. The van der Waals surface area contributed by atoms with Crippen molar-refractivity contribution in [2.24, 2.45) is 0 Å². The van der Waals surface area contributed by atoms with Crippen LogP contribution >= 0.6 is 22.7 Å².